The van der Waals surface area contributed by atoms with E-state index in [9.17, 15) is 0 Å². The fourth-order valence-electron chi connectivity index (χ4n) is 2.50. The van der Waals surface area contributed by atoms with Gasteiger partial charge in [0.15, 0.2) is 0 Å². The molecule has 1 aromatic rings. The van der Waals surface area contributed by atoms with Crippen LogP contribution in [0, 0.1) is 5.92 Å². The quantitative estimate of drug-likeness (QED) is 0.645. The lowest BCUT2D eigenvalue weighted by molar-refractivity contribution is 0.437. The van der Waals surface area contributed by atoms with Crippen molar-refractivity contribution in [2.45, 2.75) is 45.4 Å². The van der Waals surface area contributed by atoms with Crippen molar-refractivity contribution in [3.63, 3.8) is 0 Å². The second kappa shape index (κ2) is 5.34. The zero-order valence-electron chi connectivity index (χ0n) is 10.8. The smallest absolute Gasteiger partial charge is 0.106 e. The highest BCUT2D eigenvalue weighted by Crippen LogP contribution is 2.26. The third kappa shape index (κ3) is 2.87. The molecule has 0 radical (unpaired) electrons. The molecule has 0 aliphatic heterocycles. The Morgan fingerprint density at radius 3 is 2.82 bits per heavy atom. The van der Waals surface area contributed by atoms with Gasteiger partial charge in [-0.25, -0.2) is 4.99 Å². The van der Waals surface area contributed by atoms with E-state index < -0.39 is 0 Å². The van der Waals surface area contributed by atoms with Gasteiger partial charge >= 0.3 is 0 Å². The maximum Gasteiger partial charge on any atom is 0.106 e. The number of hydrogen-bond acceptors (Lipinski definition) is 2. The summed E-state index contributed by atoms with van der Waals surface area (Å²) in [5.74, 6) is 1.28. The first-order valence-electron chi connectivity index (χ1n) is 6.57. The molecule has 1 fully saturated rings. The van der Waals surface area contributed by atoms with Gasteiger partial charge in [-0.1, -0.05) is 26.2 Å². The van der Waals surface area contributed by atoms with Crippen LogP contribution in [-0.4, -0.2) is 15.6 Å². The molecule has 0 aromatic carbocycles. The van der Waals surface area contributed by atoms with Crippen LogP contribution in [-0.2, 0) is 13.5 Å². The van der Waals surface area contributed by atoms with Crippen molar-refractivity contribution in [2.24, 2.45) is 23.7 Å². The summed E-state index contributed by atoms with van der Waals surface area (Å²) in [5.41, 5.74) is 8.10. The van der Waals surface area contributed by atoms with Crippen molar-refractivity contribution >= 4 is 11.5 Å². The van der Waals surface area contributed by atoms with Crippen LogP contribution in [0.15, 0.2) is 11.2 Å². The molecule has 4 heteroatoms. The van der Waals surface area contributed by atoms with Crippen LogP contribution in [0.3, 0.4) is 0 Å². The van der Waals surface area contributed by atoms with E-state index in [4.69, 9.17) is 5.73 Å². The number of aliphatic imine (C=N–C) groups is 1. The molecule has 0 spiro atoms. The average Bonchev–Trinajstić information content (AvgIpc) is 2.70. The summed E-state index contributed by atoms with van der Waals surface area (Å²) < 4.78 is 1.81. The Kier molecular flexibility index (Phi) is 3.82. The predicted molar refractivity (Wildman–Crippen MR) is 70.4 cm³/mol. The molecule has 1 saturated carbocycles. The van der Waals surface area contributed by atoms with Gasteiger partial charge in [-0.15, -0.1) is 0 Å². The molecule has 94 valence electrons. The van der Waals surface area contributed by atoms with E-state index in [0.29, 0.717) is 5.92 Å². The summed E-state index contributed by atoms with van der Waals surface area (Å²) in [7, 11) is 1.93. The SMILES string of the molecule is CCc1nn(C)cc1N=C(N)C1CCCCC1. The van der Waals surface area contributed by atoms with Gasteiger partial charge in [0.05, 0.1) is 11.9 Å². The minimum Gasteiger partial charge on any atom is -0.387 e. The fraction of sp³-hybridized carbons (Fsp3) is 0.692. The number of nitrogens with two attached hydrogens (primary N) is 1. The highest BCUT2D eigenvalue weighted by Gasteiger charge is 2.17. The zero-order chi connectivity index (χ0) is 12.3. The Hall–Kier alpha value is -1.32. The van der Waals surface area contributed by atoms with Crippen LogP contribution in [0.5, 0.6) is 0 Å². The van der Waals surface area contributed by atoms with Gasteiger partial charge in [0.2, 0.25) is 0 Å². The van der Waals surface area contributed by atoms with E-state index in [1.54, 1.807) is 0 Å². The van der Waals surface area contributed by atoms with E-state index in [1.165, 1.54) is 32.1 Å². The van der Waals surface area contributed by atoms with E-state index >= 15 is 0 Å². The molecule has 1 heterocycles. The van der Waals surface area contributed by atoms with Crippen LogP contribution in [0.25, 0.3) is 0 Å². The van der Waals surface area contributed by atoms with Crippen LogP contribution >= 0.6 is 0 Å². The van der Waals surface area contributed by atoms with Gasteiger partial charge in [0, 0.05) is 13.0 Å². The highest BCUT2D eigenvalue weighted by molar-refractivity contribution is 5.85. The van der Waals surface area contributed by atoms with Crippen molar-refractivity contribution in [2.75, 3.05) is 0 Å². The summed E-state index contributed by atoms with van der Waals surface area (Å²) in [5, 5.41) is 4.38. The van der Waals surface area contributed by atoms with Gasteiger partial charge in [-0.3, -0.25) is 4.68 Å². The third-order valence-electron chi connectivity index (χ3n) is 3.49. The van der Waals surface area contributed by atoms with E-state index in [2.05, 4.69) is 17.0 Å². The average molecular weight is 234 g/mol. The Morgan fingerprint density at radius 1 is 1.47 bits per heavy atom. The van der Waals surface area contributed by atoms with Gasteiger partial charge in [0.1, 0.15) is 11.5 Å². The van der Waals surface area contributed by atoms with Gasteiger partial charge in [0.25, 0.3) is 0 Å². The summed E-state index contributed by atoms with van der Waals surface area (Å²) >= 11 is 0. The molecule has 0 unspecified atom stereocenters. The summed E-state index contributed by atoms with van der Waals surface area (Å²) in [6.07, 6.45) is 9.15. The molecule has 2 N–H and O–H groups in total. The maximum absolute atomic E-state index is 6.13. The second-order valence-electron chi connectivity index (χ2n) is 4.86. The first-order chi connectivity index (χ1) is 8.20. The molecule has 4 nitrogen and oxygen atoms in total. The molecule has 17 heavy (non-hydrogen) atoms. The Morgan fingerprint density at radius 2 is 2.18 bits per heavy atom. The third-order valence-corrected chi connectivity index (χ3v) is 3.49. The lowest BCUT2D eigenvalue weighted by Gasteiger charge is -2.20. The first kappa shape index (κ1) is 12.1. The first-order valence-corrected chi connectivity index (χ1v) is 6.57. The van der Waals surface area contributed by atoms with Gasteiger partial charge in [-0.05, 0) is 19.3 Å². The zero-order valence-corrected chi connectivity index (χ0v) is 10.8. The Bertz CT molecular complexity index is 400. The van der Waals surface area contributed by atoms with Crippen molar-refractivity contribution in [3.05, 3.63) is 11.9 Å². The minimum absolute atomic E-state index is 0.480. The molecule has 0 saturated heterocycles. The van der Waals surface area contributed by atoms with Crippen LogP contribution in [0.1, 0.15) is 44.7 Å². The van der Waals surface area contributed by atoms with Gasteiger partial charge < -0.3 is 5.73 Å². The predicted octanol–water partition coefficient (Wildman–Crippen LogP) is 2.55. The second-order valence-corrected chi connectivity index (χ2v) is 4.86. The van der Waals surface area contributed by atoms with Gasteiger partial charge in [-0.2, -0.15) is 5.10 Å². The highest BCUT2D eigenvalue weighted by atomic mass is 15.3. The largest absolute Gasteiger partial charge is 0.387 e. The molecule has 1 aromatic heterocycles. The van der Waals surface area contributed by atoms with Crippen molar-refractivity contribution in [3.8, 4) is 0 Å². The summed E-state index contributed by atoms with van der Waals surface area (Å²) in [6, 6.07) is 0. The molecule has 0 amide bonds. The number of hydrogen-bond donors (Lipinski definition) is 1. The Balaban J connectivity index is 2.15. The van der Waals surface area contributed by atoms with Crippen molar-refractivity contribution in [1.82, 2.24) is 9.78 Å². The lowest BCUT2D eigenvalue weighted by atomic mass is 9.88. The fourth-order valence-corrected chi connectivity index (χ4v) is 2.50. The monoisotopic (exact) mass is 234 g/mol. The number of nitrogens with zero attached hydrogens (tertiary/aromatic N) is 3. The minimum atomic E-state index is 0.480. The van der Waals surface area contributed by atoms with E-state index in [0.717, 1.165) is 23.6 Å². The topological polar surface area (TPSA) is 56.2 Å². The molecule has 1 aliphatic carbocycles. The summed E-state index contributed by atoms with van der Waals surface area (Å²) in [6.45, 7) is 2.10. The normalized spacial score (nSPS) is 18.6. The standard InChI is InChI=1S/C13H22N4/c1-3-11-12(9-17(2)16-11)15-13(14)10-7-5-4-6-8-10/h9-10H,3-8H2,1-2H3,(H2,14,15). The number of aryl methyl sites for hydroxylation is 2. The molecule has 0 bridgehead atoms. The number of amidine groups is 1. The van der Waals surface area contributed by atoms with Crippen molar-refractivity contribution < 1.29 is 0 Å². The maximum atomic E-state index is 6.13. The number of aromatic nitrogens is 2. The number of rotatable bonds is 3. The summed E-state index contributed by atoms with van der Waals surface area (Å²) in [4.78, 5) is 4.59. The molecule has 1 aliphatic rings. The van der Waals surface area contributed by atoms with E-state index in [-0.39, 0.29) is 0 Å². The Labute approximate surface area is 103 Å². The molecular weight excluding hydrogens is 212 g/mol. The van der Waals surface area contributed by atoms with E-state index in [1.807, 2.05) is 17.9 Å². The molecule has 2 rings (SSSR count). The van der Waals surface area contributed by atoms with Crippen LogP contribution in [0.4, 0.5) is 5.69 Å². The lowest BCUT2D eigenvalue weighted by Crippen LogP contribution is -2.25. The van der Waals surface area contributed by atoms with Crippen LogP contribution in [0.2, 0.25) is 0 Å². The molecule has 0 atom stereocenters. The van der Waals surface area contributed by atoms with Crippen LogP contribution < -0.4 is 5.73 Å². The molecular formula is C13H22N4. The van der Waals surface area contributed by atoms with Crippen molar-refractivity contribution in [1.29, 1.82) is 0 Å².